The van der Waals surface area contributed by atoms with E-state index in [1.54, 1.807) is 24.3 Å². The maximum atomic E-state index is 12.2. The maximum Gasteiger partial charge on any atom is 0.259 e. The summed E-state index contributed by atoms with van der Waals surface area (Å²) in [7, 11) is 1.46. The summed E-state index contributed by atoms with van der Waals surface area (Å²) < 4.78 is 5.12. The van der Waals surface area contributed by atoms with Crippen LogP contribution in [0.4, 0.5) is 5.69 Å². The Kier molecular flexibility index (Phi) is 4.37. The highest BCUT2D eigenvalue weighted by Crippen LogP contribution is 2.28. The molecule has 2 N–H and O–H groups in total. The fourth-order valence-electron chi connectivity index (χ4n) is 1.64. The zero-order chi connectivity index (χ0) is 14.7. The first-order valence-electron chi connectivity index (χ1n) is 5.64. The van der Waals surface area contributed by atoms with Crippen molar-refractivity contribution in [2.24, 2.45) is 0 Å². The first-order chi connectivity index (χ1) is 9.51. The third-order valence-electron chi connectivity index (χ3n) is 2.61. The van der Waals surface area contributed by atoms with Crippen molar-refractivity contribution in [3.8, 4) is 11.5 Å². The smallest absolute Gasteiger partial charge is 0.259 e. The van der Waals surface area contributed by atoms with Crippen LogP contribution in [-0.4, -0.2) is 18.1 Å². The van der Waals surface area contributed by atoms with Crippen LogP contribution in [0.25, 0.3) is 0 Å². The number of phenols is 1. The SMILES string of the molecule is COc1cc(Cl)ccc1C(=O)Nc1ccc(O)c(Cl)c1. The molecular formula is C14H11Cl2NO3. The molecule has 6 heteroatoms. The van der Waals surface area contributed by atoms with Gasteiger partial charge in [-0.3, -0.25) is 4.79 Å². The van der Waals surface area contributed by atoms with Crippen LogP contribution >= 0.6 is 23.2 Å². The number of benzene rings is 2. The van der Waals surface area contributed by atoms with Gasteiger partial charge in [0.15, 0.2) is 0 Å². The molecule has 0 aliphatic rings. The molecule has 0 unspecified atom stereocenters. The molecule has 0 bridgehead atoms. The summed E-state index contributed by atoms with van der Waals surface area (Å²) in [5.74, 6) is -0.0334. The van der Waals surface area contributed by atoms with Gasteiger partial charge in [0.05, 0.1) is 17.7 Å². The predicted octanol–water partition coefficient (Wildman–Crippen LogP) is 3.96. The highest BCUT2D eigenvalue weighted by atomic mass is 35.5. The standard InChI is InChI=1S/C14H11Cl2NO3/c1-20-13-6-8(15)2-4-10(13)14(19)17-9-3-5-12(18)11(16)7-9/h2-7,18H,1H3,(H,17,19). The molecule has 0 atom stereocenters. The van der Waals surface area contributed by atoms with Crippen molar-refractivity contribution in [3.63, 3.8) is 0 Å². The number of phenolic OH excluding ortho intramolecular Hbond substituents is 1. The molecule has 104 valence electrons. The summed E-state index contributed by atoms with van der Waals surface area (Å²) in [4.78, 5) is 12.2. The number of anilines is 1. The minimum absolute atomic E-state index is 0.0475. The van der Waals surface area contributed by atoms with Gasteiger partial charge in [0, 0.05) is 10.7 Å². The number of carbonyl (C=O) groups excluding carboxylic acids is 1. The zero-order valence-corrected chi connectivity index (χ0v) is 12.0. The van der Waals surface area contributed by atoms with Crippen LogP contribution in [-0.2, 0) is 0 Å². The van der Waals surface area contributed by atoms with Gasteiger partial charge >= 0.3 is 0 Å². The molecule has 20 heavy (non-hydrogen) atoms. The van der Waals surface area contributed by atoms with Gasteiger partial charge in [-0.15, -0.1) is 0 Å². The maximum absolute atomic E-state index is 12.2. The molecule has 0 saturated heterocycles. The molecule has 0 aromatic heterocycles. The summed E-state index contributed by atoms with van der Waals surface area (Å²) in [5.41, 5.74) is 0.816. The lowest BCUT2D eigenvalue weighted by atomic mass is 10.2. The first kappa shape index (κ1) is 14.5. The molecule has 0 radical (unpaired) electrons. The lowest BCUT2D eigenvalue weighted by Gasteiger charge is -2.10. The molecule has 1 amide bonds. The second-order valence-corrected chi connectivity index (χ2v) is 4.81. The van der Waals surface area contributed by atoms with Gasteiger partial charge in [0.25, 0.3) is 5.91 Å². The van der Waals surface area contributed by atoms with E-state index in [1.165, 1.54) is 19.2 Å². The van der Waals surface area contributed by atoms with E-state index in [0.717, 1.165) is 0 Å². The molecule has 0 aliphatic heterocycles. The number of ether oxygens (including phenoxy) is 1. The van der Waals surface area contributed by atoms with Crippen molar-refractivity contribution < 1.29 is 14.6 Å². The number of methoxy groups -OCH3 is 1. The average molecular weight is 312 g/mol. The molecule has 4 nitrogen and oxygen atoms in total. The Bertz CT molecular complexity index is 659. The summed E-state index contributed by atoms with van der Waals surface area (Å²) in [5, 5.41) is 12.6. The fourth-order valence-corrected chi connectivity index (χ4v) is 1.98. The molecule has 0 heterocycles. The van der Waals surface area contributed by atoms with Crippen molar-refractivity contribution >= 4 is 34.8 Å². The summed E-state index contributed by atoms with van der Waals surface area (Å²) in [6.07, 6.45) is 0. The van der Waals surface area contributed by atoms with Crippen LogP contribution in [0.2, 0.25) is 10.0 Å². The van der Waals surface area contributed by atoms with Crippen LogP contribution in [0.5, 0.6) is 11.5 Å². The molecule has 0 saturated carbocycles. The molecule has 2 rings (SSSR count). The number of nitrogens with one attached hydrogen (secondary N) is 1. The van der Waals surface area contributed by atoms with Crippen LogP contribution in [0.1, 0.15) is 10.4 Å². The van der Waals surface area contributed by atoms with E-state index < -0.39 is 0 Å². The van der Waals surface area contributed by atoms with E-state index in [2.05, 4.69) is 5.32 Å². The van der Waals surface area contributed by atoms with Crippen molar-refractivity contribution in [2.45, 2.75) is 0 Å². The van der Waals surface area contributed by atoms with Gasteiger partial charge in [-0.25, -0.2) is 0 Å². The van der Waals surface area contributed by atoms with Gasteiger partial charge in [-0.2, -0.15) is 0 Å². The third kappa shape index (κ3) is 3.15. The van der Waals surface area contributed by atoms with E-state index in [-0.39, 0.29) is 16.7 Å². The summed E-state index contributed by atoms with van der Waals surface area (Å²) in [6.45, 7) is 0. The molecule has 0 aliphatic carbocycles. The van der Waals surface area contributed by atoms with E-state index in [0.29, 0.717) is 22.0 Å². The number of aromatic hydroxyl groups is 1. The highest BCUT2D eigenvalue weighted by Gasteiger charge is 2.13. The third-order valence-corrected chi connectivity index (χ3v) is 3.15. The Morgan fingerprint density at radius 3 is 2.60 bits per heavy atom. The van der Waals surface area contributed by atoms with Crippen molar-refractivity contribution in [2.75, 3.05) is 12.4 Å². The number of carbonyl (C=O) groups is 1. The Labute approximate surface area is 125 Å². The number of amides is 1. The van der Waals surface area contributed by atoms with E-state index in [9.17, 15) is 9.90 Å². The highest BCUT2D eigenvalue weighted by molar-refractivity contribution is 6.32. The Morgan fingerprint density at radius 1 is 1.20 bits per heavy atom. The quantitative estimate of drug-likeness (QED) is 0.843. The van der Waals surface area contributed by atoms with Crippen molar-refractivity contribution in [1.82, 2.24) is 0 Å². The number of hydrogen-bond acceptors (Lipinski definition) is 3. The van der Waals surface area contributed by atoms with Crippen LogP contribution in [0.15, 0.2) is 36.4 Å². The molecule has 0 fully saturated rings. The molecule has 0 spiro atoms. The Balaban J connectivity index is 2.25. The van der Waals surface area contributed by atoms with Crippen LogP contribution in [0, 0.1) is 0 Å². The van der Waals surface area contributed by atoms with Crippen LogP contribution in [0.3, 0.4) is 0 Å². The van der Waals surface area contributed by atoms with Gasteiger partial charge in [-0.1, -0.05) is 23.2 Å². The largest absolute Gasteiger partial charge is 0.506 e. The summed E-state index contributed by atoms with van der Waals surface area (Å²) >= 11 is 11.6. The van der Waals surface area contributed by atoms with Crippen LogP contribution < -0.4 is 10.1 Å². The van der Waals surface area contributed by atoms with Gasteiger partial charge in [0.2, 0.25) is 0 Å². The molecule has 2 aromatic rings. The Hall–Kier alpha value is -1.91. The lowest BCUT2D eigenvalue weighted by Crippen LogP contribution is -2.13. The van der Waals surface area contributed by atoms with Crippen molar-refractivity contribution in [3.05, 3.63) is 52.0 Å². The van der Waals surface area contributed by atoms with Gasteiger partial charge in [0.1, 0.15) is 11.5 Å². The fraction of sp³-hybridized carbons (Fsp3) is 0.0714. The minimum Gasteiger partial charge on any atom is -0.506 e. The second-order valence-electron chi connectivity index (χ2n) is 3.96. The monoisotopic (exact) mass is 311 g/mol. The number of hydrogen-bond donors (Lipinski definition) is 2. The van der Waals surface area contributed by atoms with E-state index in [1.807, 2.05) is 0 Å². The second kappa shape index (κ2) is 6.03. The van der Waals surface area contributed by atoms with Gasteiger partial charge < -0.3 is 15.2 Å². The minimum atomic E-state index is -0.361. The zero-order valence-electron chi connectivity index (χ0n) is 10.5. The number of halogens is 2. The molecule has 2 aromatic carbocycles. The van der Waals surface area contributed by atoms with E-state index in [4.69, 9.17) is 27.9 Å². The van der Waals surface area contributed by atoms with E-state index >= 15 is 0 Å². The average Bonchev–Trinajstić information content (AvgIpc) is 2.42. The van der Waals surface area contributed by atoms with Gasteiger partial charge in [-0.05, 0) is 36.4 Å². The first-order valence-corrected chi connectivity index (χ1v) is 6.40. The number of rotatable bonds is 3. The van der Waals surface area contributed by atoms with Crippen molar-refractivity contribution in [1.29, 1.82) is 0 Å². The normalized spacial score (nSPS) is 10.2. The Morgan fingerprint density at radius 2 is 1.95 bits per heavy atom. The lowest BCUT2D eigenvalue weighted by molar-refractivity contribution is 0.102. The summed E-state index contributed by atoms with van der Waals surface area (Å²) in [6, 6.07) is 9.12. The molecular weight excluding hydrogens is 301 g/mol. The topological polar surface area (TPSA) is 58.6 Å². The predicted molar refractivity (Wildman–Crippen MR) is 79.1 cm³/mol.